The number of aromatic nitrogens is 3. The Morgan fingerprint density at radius 3 is 2.43 bits per heavy atom. The Hall–Kier alpha value is -3.82. The summed E-state index contributed by atoms with van der Waals surface area (Å²) in [5.74, 6) is 2.93. The van der Waals surface area contributed by atoms with Crippen LogP contribution in [0.3, 0.4) is 0 Å². The van der Waals surface area contributed by atoms with Gasteiger partial charge in [-0.05, 0) is 0 Å². The molecule has 1 unspecified atom stereocenters. The van der Waals surface area contributed by atoms with Gasteiger partial charge in [-0.1, -0.05) is 0 Å². The van der Waals surface area contributed by atoms with Crippen LogP contribution in [-0.2, 0) is 6.42 Å². The van der Waals surface area contributed by atoms with Crippen molar-refractivity contribution in [3.63, 3.8) is 0 Å². The predicted molar refractivity (Wildman–Crippen MR) is 186 cm³/mol. The molecule has 3 heterocycles. The molecule has 0 fully saturated rings. The maximum absolute atomic E-state index is 10.2. The number of hydrogen-bond acceptors (Lipinski definition) is 5. The molecule has 7 heteroatoms. The van der Waals surface area contributed by atoms with Crippen molar-refractivity contribution in [1.82, 2.24) is 14.8 Å². The monoisotopic (exact) mass is 749 g/mol. The molecule has 238 valence electrons. The quantitative estimate of drug-likeness (QED) is 0.226. The topological polar surface area (TPSA) is 63.3 Å². The van der Waals surface area contributed by atoms with E-state index in [1.165, 1.54) is 50.4 Å². The van der Waals surface area contributed by atoms with E-state index >= 15 is 0 Å². The van der Waals surface area contributed by atoms with Crippen molar-refractivity contribution in [2.45, 2.75) is 65.3 Å². The number of nitrogens with zero attached hydrogens (tertiary/aromatic N) is 4. The van der Waals surface area contributed by atoms with Gasteiger partial charge >= 0.3 is 293 Å². The van der Waals surface area contributed by atoms with Gasteiger partial charge in [0.05, 0.1) is 0 Å². The van der Waals surface area contributed by atoms with Gasteiger partial charge in [-0.15, -0.1) is 0 Å². The van der Waals surface area contributed by atoms with Gasteiger partial charge in [-0.2, -0.15) is 0 Å². The standard InChI is InChI=1S/C40H38IN4OS/c1-23-25(3)47-40-36(23)38(42-24(2)39-44-43-26(4)45(39)40)29-12-17-32(18-13-29)41-31-15-10-28(11-16-31)37-34(27-8-6-5-7-9-27)20-14-30-22-33(46)19-21-35(30)37/h6,8-13,15-19,21-22,24,34,37,46H,5,7,14,20H2,1-4H3/q-1/t24?,34-,37+/m1/s1. The van der Waals surface area contributed by atoms with E-state index in [0.29, 0.717) is 17.6 Å². The second-order valence-electron chi connectivity index (χ2n) is 12.9. The first-order valence-electron chi connectivity index (χ1n) is 16.5. The van der Waals surface area contributed by atoms with Crippen molar-refractivity contribution in [2.24, 2.45) is 10.9 Å². The number of phenolic OH excluding ortho intramolecular Hbond substituents is 1. The molecule has 3 aliphatic rings. The van der Waals surface area contributed by atoms with Gasteiger partial charge in [-0.25, -0.2) is 0 Å². The maximum atomic E-state index is 10.2. The molecule has 0 amide bonds. The normalized spacial score (nSPS) is 20.2. The Balaban J connectivity index is 1.07. The first kappa shape index (κ1) is 30.5. The Bertz CT molecular complexity index is 2080. The molecule has 5 nitrogen and oxygen atoms in total. The third kappa shape index (κ3) is 5.51. The van der Waals surface area contributed by atoms with Crippen molar-refractivity contribution in [1.29, 1.82) is 0 Å². The van der Waals surface area contributed by atoms with E-state index in [9.17, 15) is 5.11 Å². The van der Waals surface area contributed by atoms with Gasteiger partial charge in [0.1, 0.15) is 0 Å². The van der Waals surface area contributed by atoms with Gasteiger partial charge in [0, 0.05) is 0 Å². The Morgan fingerprint density at radius 1 is 0.915 bits per heavy atom. The van der Waals surface area contributed by atoms with Crippen LogP contribution >= 0.6 is 11.3 Å². The number of thiophene rings is 1. The molecular formula is C40H38IN4OS-. The molecule has 2 aromatic heterocycles. The van der Waals surface area contributed by atoms with Crippen LogP contribution in [-0.4, -0.2) is 25.6 Å². The molecule has 1 N–H and O–H groups in total. The fourth-order valence-corrected chi connectivity index (χ4v) is 10.9. The van der Waals surface area contributed by atoms with Gasteiger partial charge in [0.25, 0.3) is 0 Å². The molecule has 3 aromatic carbocycles. The number of allylic oxidation sites excluding steroid dienone is 4. The Kier molecular flexibility index (Phi) is 8.00. The van der Waals surface area contributed by atoms with Crippen molar-refractivity contribution in [2.75, 3.05) is 0 Å². The zero-order chi connectivity index (χ0) is 32.2. The molecule has 8 rings (SSSR count). The van der Waals surface area contributed by atoms with Crippen LogP contribution in [0.4, 0.5) is 0 Å². The van der Waals surface area contributed by atoms with Crippen LogP contribution in [0.15, 0.2) is 95.5 Å². The Morgan fingerprint density at radius 2 is 1.68 bits per heavy atom. The number of fused-ring (bicyclic) bond motifs is 4. The molecular weight excluding hydrogens is 711 g/mol. The summed E-state index contributed by atoms with van der Waals surface area (Å²) in [6.45, 7) is 8.54. The molecule has 0 saturated carbocycles. The number of aromatic hydroxyl groups is 1. The SMILES string of the molecule is Cc1sc2c(c1C)C(c1ccc([I-]c3ccc([C@@H]4c5ccc(O)cc5CC[C@@H]4C4=CCCC=C4)cc3)cc1)=NC(C)c1nnc(C)n1-2. The van der Waals surface area contributed by atoms with E-state index in [1.807, 2.05) is 19.1 Å². The second kappa shape index (κ2) is 12.3. The van der Waals surface area contributed by atoms with Crippen LogP contribution in [0.2, 0.25) is 0 Å². The predicted octanol–water partition coefficient (Wildman–Crippen LogP) is 5.97. The van der Waals surface area contributed by atoms with E-state index in [-0.39, 0.29) is 27.2 Å². The van der Waals surface area contributed by atoms with E-state index in [0.717, 1.165) is 48.6 Å². The fraction of sp³-hybridized carbons (Fsp3) is 0.275. The number of phenols is 1. The van der Waals surface area contributed by atoms with Crippen LogP contribution in [0.25, 0.3) is 5.00 Å². The third-order valence-electron chi connectivity index (χ3n) is 9.96. The number of halogens is 1. The van der Waals surface area contributed by atoms with Crippen LogP contribution in [0.5, 0.6) is 5.75 Å². The molecule has 0 spiro atoms. The molecule has 2 aliphatic carbocycles. The molecule has 1 aliphatic heterocycles. The number of benzene rings is 3. The molecule has 47 heavy (non-hydrogen) atoms. The zero-order valence-electron chi connectivity index (χ0n) is 27.2. The van der Waals surface area contributed by atoms with Crippen molar-refractivity contribution in [3.05, 3.63) is 148 Å². The molecule has 0 bridgehead atoms. The second-order valence-corrected chi connectivity index (χ2v) is 17.1. The third-order valence-corrected chi connectivity index (χ3v) is 13.8. The van der Waals surface area contributed by atoms with Crippen molar-refractivity contribution >= 4 is 17.0 Å². The summed E-state index contributed by atoms with van der Waals surface area (Å²) in [5, 5.41) is 20.3. The van der Waals surface area contributed by atoms with Gasteiger partial charge in [0.2, 0.25) is 0 Å². The average Bonchev–Trinajstić information content (AvgIpc) is 3.58. The molecule has 5 aromatic rings. The summed E-state index contributed by atoms with van der Waals surface area (Å²) in [7, 11) is 0. The number of hydrogen-bond donors (Lipinski definition) is 1. The Labute approximate surface area is 291 Å². The van der Waals surface area contributed by atoms with Crippen LogP contribution in [0, 0.1) is 33.8 Å². The van der Waals surface area contributed by atoms with Gasteiger partial charge in [-0.3, -0.25) is 0 Å². The van der Waals surface area contributed by atoms with Crippen LogP contribution < -0.4 is 21.2 Å². The van der Waals surface area contributed by atoms with E-state index in [2.05, 4.69) is 108 Å². The average molecular weight is 750 g/mol. The van der Waals surface area contributed by atoms with Gasteiger partial charge in [0.15, 0.2) is 0 Å². The summed E-state index contributed by atoms with van der Waals surface area (Å²) < 4.78 is 5.00. The molecule has 0 saturated heterocycles. The first-order chi connectivity index (χ1) is 22.9. The minimum absolute atomic E-state index is 0.0806. The number of aryl methyl sites for hydroxylation is 3. The summed E-state index contributed by atoms with van der Waals surface area (Å²) >= 11 is 1.47. The summed E-state index contributed by atoms with van der Waals surface area (Å²) in [5.41, 5.74) is 10.2. The van der Waals surface area contributed by atoms with E-state index in [1.54, 1.807) is 11.3 Å². The van der Waals surface area contributed by atoms with Gasteiger partial charge < -0.3 is 0 Å². The zero-order valence-corrected chi connectivity index (χ0v) is 30.1. The number of rotatable bonds is 5. The summed E-state index contributed by atoms with van der Waals surface area (Å²) in [4.78, 5) is 6.53. The first-order valence-corrected chi connectivity index (χ1v) is 19.5. The fourth-order valence-electron chi connectivity index (χ4n) is 7.50. The molecule has 0 radical (unpaired) electrons. The van der Waals surface area contributed by atoms with E-state index < -0.39 is 0 Å². The van der Waals surface area contributed by atoms with Crippen LogP contribution in [0.1, 0.15) is 88.1 Å². The minimum atomic E-state index is -0.337. The molecule has 3 atom stereocenters. The van der Waals surface area contributed by atoms with Crippen molar-refractivity contribution in [3.8, 4) is 10.8 Å². The summed E-state index contributed by atoms with van der Waals surface area (Å²) in [6, 6.07) is 24.5. The van der Waals surface area contributed by atoms with Crippen molar-refractivity contribution < 1.29 is 26.3 Å². The van der Waals surface area contributed by atoms with E-state index in [4.69, 9.17) is 4.99 Å². The summed E-state index contributed by atoms with van der Waals surface area (Å²) in [6.07, 6.45) is 11.5. The number of aliphatic imine (C=N–C) groups is 1.